The minimum atomic E-state index is -0.735. The lowest BCUT2D eigenvalue weighted by atomic mass is 10.1. The van der Waals surface area contributed by atoms with E-state index in [1.807, 2.05) is 42.5 Å². The maximum Gasteiger partial charge on any atom is 0.315 e. The number of ether oxygens (including phenoxy) is 1. The minimum absolute atomic E-state index is 0.0663. The molecule has 2 amide bonds. The summed E-state index contributed by atoms with van der Waals surface area (Å²) in [5.41, 5.74) is 0.540. The molecule has 1 saturated heterocycles. The largest absolute Gasteiger partial charge is 0.500 e. The van der Waals surface area contributed by atoms with Gasteiger partial charge in [-0.1, -0.05) is 36.4 Å². The number of aromatic hydroxyl groups is 1. The monoisotopic (exact) mass is 450 g/mol. The predicted molar refractivity (Wildman–Crippen MR) is 121 cm³/mol. The Morgan fingerprint density at radius 2 is 1.88 bits per heavy atom. The van der Waals surface area contributed by atoms with Gasteiger partial charge in [0.05, 0.1) is 23.0 Å². The lowest BCUT2D eigenvalue weighted by Gasteiger charge is -2.13. The van der Waals surface area contributed by atoms with Crippen LogP contribution in [-0.2, 0) is 11.3 Å². The van der Waals surface area contributed by atoms with Crippen molar-refractivity contribution >= 4 is 45.4 Å². The fourth-order valence-corrected chi connectivity index (χ4v) is 4.25. The van der Waals surface area contributed by atoms with Crippen molar-refractivity contribution in [2.75, 3.05) is 6.61 Å². The van der Waals surface area contributed by atoms with Gasteiger partial charge in [-0.25, -0.2) is 0 Å². The van der Waals surface area contributed by atoms with Gasteiger partial charge in [0.15, 0.2) is 5.75 Å². The SMILES string of the molecule is CCOc1cc(/C=C2/SC(=O)N(Cc3ccc4ccccc4c3)C2=O)cc([N+](=O)[O-])c1O. The summed E-state index contributed by atoms with van der Waals surface area (Å²) in [5.74, 6) is -1.14. The summed E-state index contributed by atoms with van der Waals surface area (Å²) < 4.78 is 5.26. The molecule has 0 unspecified atom stereocenters. The number of imide groups is 1. The molecule has 0 saturated carbocycles. The van der Waals surface area contributed by atoms with Crippen molar-refractivity contribution in [3.05, 3.63) is 80.7 Å². The average Bonchev–Trinajstić information content (AvgIpc) is 3.03. The summed E-state index contributed by atoms with van der Waals surface area (Å²) in [5, 5.41) is 22.9. The van der Waals surface area contributed by atoms with Crippen LogP contribution in [0.5, 0.6) is 11.5 Å². The van der Waals surface area contributed by atoms with Gasteiger partial charge in [0, 0.05) is 6.07 Å². The van der Waals surface area contributed by atoms with Crippen LogP contribution in [0, 0.1) is 10.1 Å². The van der Waals surface area contributed by atoms with E-state index < -0.39 is 27.5 Å². The third kappa shape index (κ3) is 4.15. The molecule has 0 aromatic heterocycles. The Bertz CT molecular complexity index is 1290. The Morgan fingerprint density at radius 1 is 1.12 bits per heavy atom. The first-order valence-corrected chi connectivity index (χ1v) is 10.6. The Morgan fingerprint density at radius 3 is 2.59 bits per heavy atom. The molecule has 0 spiro atoms. The van der Waals surface area contributed by atoms with E-state index in [1.165, 1.54) is 12.1 Å². The predicted octanol–water partition coefficient (Wildman–Crippen LogP) is 5.09. The number of amides is 2. The zero-order valence-electron chi connectivity index (χ0n) is 17.0. The summed E-state index contributed by atoms with van der Waals surface area (Å²) in [6.07, 6.45) is 1.39. The Labute approximate surface area is 187 Å². The fraction of sp³-hybridized carbons (Fsp3) is 0.130. The number of carbonyl (C=O) groups excluding carboxylic acids is 2. The van der Waals surface area contributed by atoms with Gasteiger partial charge in [0.1, 0.15) is 0 Å². The molecular formula is C23H18N2O6S. The topological polar surface area (TPSA) is 110 Å². The molecule has 3 aromatic rings. The number of hydrogen-bond donors (Lipinski definition) is 1. The number of nitrogens with zero attached hydrogens (tertiary/aromatic N) is 2. The second-order valence-corrected chi connectivity index (χ2v) is 8.02. The molecule has 0 bridgehead atoms. The van der Waals surface area contributed by atoms with E-state index in [0.29, 0.717) is 0 Å². The zero-order chi connectivity index (χ0) is 22.8. The van der Waals surface area contributed by atoms with Crippen LogP contribution in [0.4, 0.5) is 10.5 Å². The number of phenolic OH excluding ortho intramolecular Hbond substituents is 1. The van der Waals surface area contributed by atoms with Crippen molar-refractivity contribution < 1.29 is 24.4 Å². The van der Waals surface area contributed by atoms with E-state index in [0.717, 1.165) is 39.1 Å². The molecular weight excluding hydrogens is 432 g/mol. The molecule has 0 radical (unpaired) electrons. The van der Waals surface area contributed by atoms with E-state index in [9.17, 15) is 24.8 Å². The number of carbonyl (C=O) groups is 2. The van der Waals surface area contributed by atoms with Crippen molar-refractivity contribution in [2.45, 2.75) is 13.5 Å². The molecule has 1 aliphatic heterocycles. The molecule has 4 rings (SSSR count). The van der Waals surface area contributed by atoms with Crippen molar-refractivity contribution in [3.8, 4) is 11.5 Å². The Hall–Kier alpha value is -3.85. The van der Waals surface area contributed by atoms with Crippen LogP contribution in [0.1, 0.15) is 18.1 Å². The highest BCUT2D eigenvalue weighted by atomic mass is 32.2. The van der Waals surface area contributed by atoms with Crippen LogP contribution in [0.15, 0.2) is 59.5 Å². The van der Waals surface area contributed by atoms with Gasteiger partial charge in [-0.15, -0.1) is 0 Å². The summed E-state index contributed by atoms with van der Waals surface area (Å²) in [6, 6.07) is 16.1. The van der Waals surface area contributed by atoms with Crippen LogP contribution in [0.3, 0.4) is 0 Å². The minimum Gasteiger partial charge on any atom is -0.500 e. The summed E-state index contributed by atoms with van der Waals surface area (Å²) in [6.45, 7) is 1.99. The van der Waals surface area contributed by atoms with Crippen LogP contribution in [-0.4, -0.2) is 32.7 Å². The first-order chi connectivity index (χ1) is 15.4. The van der Waals surface area contributed by atoms with Crippen molar-refractivity contribution in [1.29, 1.82) is 0 Å². The smallest absolute Gasteiger partial charge is 0.315 e. The zero-order valence-corrected chi connectivity index (χ0v) is 17.8. The lowest BCUT2D eigenvalue weighted by molar-refractivity contribution is -0.386. The summed E-state index contributed by atoms with van der Waals surface area (Å²) in [4.78, 5) is 37.2. The highest BCUT2D eigenvalue weighted by molar-refractivity contribution is 8.18. The van der Waals surface area contributed by atoms with Crippen LogP contribution in [0.25, 0.3) is 16.8 Å². The van der Waals surface area contributed by atoms with E-state index in [2.05, 4.69) is 0 Å². The number of rotatable bonds is 6. The number of hydrogen-bond acceptors (Lipinski definition) is 7. The molecule has 3 aromatic carbocycles. The van der Waals surface area contributed by atoms with Crippen molar-refractivity contribution in [3.63, 3.8) is 0 Å². The molecule has 1 heterocycles. The second kappa shape index (κ2) is 8.72. The molecule has 162 valence electrons. The number of benzene rings is 3. The molecule has 8 nitrogen and oxygen atoms in total. The highest BCUT2D eigenvalue weighted by Gasteiger charge is 2.35. The van der Waals surface area contributed by atoms with E-state index in [-0.39, 0.29) is 29.4 Å². The van der Waals surface area contributed by atoms with Gasteiger partial charge in [-0.2, -0.15) is 0 Å². The third-order valence-electron chi connectivity index (χ3n) is 4.90. The molecule has 1 N–H and O–H groups in total. The van der Waals surface area contributed by atoms with E-state index >= 15 is 0 Å². The van der Waals surface area contributed by atoms with Gasteiger partial charge >= 0.3 is 5.69 Å². The molecule has 0 atom stereocenters. The molecule has 9 heteroatoms. The Balaban J connectivity index is 1.62. The normalized spacial score (nSPS) is 15.0. The molecule has 1 fully saturated rings. The van der Waals surface area contributed by atoms with Crippen LogP contribution < -0.4 is 4.74 Å². The lowest BCUT2D eigenvalue weighted by Crippen LogP contribution is -2.27. The van der Waals surface area contributed by atoms with Gasteiger partial charge in [0.2, 0.25) is 5.75 Å². The van der Waals surface area contributed by atoms with Crippen LogP contribution >= 0.6 is 11.8 Å². The quantitative estimate of drug-likeness (QED) is 0.316. The molecule has 0 aliphatic carbocycles. The Kier molecular flexibility index (Phi) is 5.83. The average molecular weight is 450 g/mol. The molecule has 1 aliphatic rings. The number of nitro benzene ring substituents is 1. The molecule has 32 heavy (non-hydrogen) atoms. The van der Waals surface area contributed by atoms with Gasteiger partial charge in [-0.05, 0) is 58.8 Å². The summed E-state index contributed by atoms with van der Waals surface area (Å²) >= 11 is 0.763. The van der Waals surface area contributed by atoms with Gasteiger partial charge in [-0.3, -0.25) is 24.6 Å². The number of thioether (sulfide) groups is 1. The third-order valence-corrected chi connectivity index (χ3v) is 5.81. The summed E-state index contributed by atoms with van der Waals surface area (Å²) in [7, 11) is 0. The fourth-order valence-electron chi connectivity index (χ4n) is 3.41. The first-order valence-electron chi connectivity index (χ1n) is 9.74. The maximum atomic E-state index is 12.9. The first kappa shape index (κ1) is 21.4. The van der Waals surface area contributed by atoms with Crippen molar-refractivity contribution in [2.24, 2.45) is 0 Å². The van der Waals surface area contributed by atoms with Gasteiger partial charge < -0.3 is 9.84 Å². The standard InChI is InChI=1S/C23H18N2O6S/c1-2-31-19-11-15(10-18(21(19)26)25(29)30)12-20-22(27)24(23(28)32-20)13-14-7-8-16-5-3-4-6-17(16)9-14/h3-12,26H,2,13H2,1H3/b20-12+. The maximum absolute atomic E-state index is 12.9. The van der Waals surface area contributed by atoms with E-state index in [1.54, 1.807) is 6.92 Å². The van der Waals surface area contributed by atoms with Gasteiger partial charge in [0.25, 0.3) is 11.1 Å². The number of fused-ring (bicyclic) bond motifs is 1. The highest BCUT2D eigenvalue weighted by Crippen LogP contribution is 2.39. The van der Waals surface area contributed by atoms with E-state index in [4.69, 9.17) is 4.74 Å². The number of nitro groups is 1. The second-order valence-electron chi connectivity index (χ2n) is 7.03. The number of phenols is 1. The van der Waals surface area contributed by atoms with Crippen LogP contribution in [0.2, 0.25) is 0 Å². The van der Waals surface area contributed by atoms with Crippen molar-refractivity contribution in [1.82, 2.24) is 4.90 Å².